The Morgan fingerprint density at radius 3 is 2.47 bits per heavy atom. The van der Waals surface area contributed by atoms with Gasteiger partial charge in [0.15, 0.2) is 5.13 Å². The quantitative estimate of drug-likeness (QED) is 0.564. The van der Waals surface area contributed by atoms with E-state index in [1.807, 2.05) is 60.7 Å². The van der Waals surface area contributed by atoms with Crippen LogP contribution in [0.4, 0.5) is 5.13 Å². The van der Waals surface area contributed by atoms with Crippen molar-refractivity contribution in [2.24, 2.45) is 5.92 Å². The van der Waals surface area contributed by atoms with Gasteiger partial charge in [0.05, 0.1) is 24.8 Å². The van der Waals surface area contributed by atoms with Gasteiger partial charge in [0, 0.05) is 49.6 Å². The molecule has 2 aromatic carbocycles. The first-order chi connectivity index (χ1) is 16.7. The van der Waals surface area contributed by atoms with Crippen LogP contribution in [-0.4, -0.2) is 59.4 Å². The highest BCUT2D eigenvalue weighted by atomic mass is 32.1. The SMILES string of the molecule is O=C(Nc1nc(-c2ccccc2)c(CN2CCOCC2)s1)C1CC(=O)N(Cc2ccccc2)C1. The molecule has 1 aromatic heterocycles. The number of ether oxygens (including phenoxy) is 1. The van der Waals surface area contributed by atoms with Gasteiger partial charge in [-0.25, -0.2) is 4.98 Å². The number of thiazole rings is 1. The van der Waals surface area contributed by atoms with E-state index in [0.717, 1.165) is 54.5 Å². The summed E-state index contributed by atoms with van der Waals surface area (Å²) >= 11 is 1.52. The summed E-state index contributed by atoms with van der Waals surface area (Å²) in [6.07, 6.45) is 0.232. The fourth-order valence-electron chi connectivity index (χ4n) is 4.41. The third kappa shape index (κ3) is 5.35. The number of aromatic nitrogens is 1. The lowest BCUT2D eigenvalue weighted by Crippen LogP contribution is -2.35. The molecule has 5 rings (SSSR count). The van der Waals surface area contributed by atoms with Crippen LogP contribution in [-0.2, 0) is 27.4 Å². The van der Waals surface area contributed by atoms with Crippen molar-refractivity contribution in [3.8, 4) is 11.3 Å². The summed E-state index contributed by atoms with van der Waals surface area (Å²) in [5.41, 5.74) is 3.00. The maximum atomic E-state index is 13.1. The van der Waals surface area contributed by atoms with Crippen LogP contribution in [0.15, 0.2) is 60.7 Å². The molecule has 0 aliphatic carbocycles. The van der Waals surface area contributed by atoms with E-state index in [0.29, 0.717) is 18.2 Å². The summed E-state index contributed by atoms with van der Waals surface area (Å²) < 4.78 is 5.48. The van der Waals surface area contributed by atoms with Gasteiger partial charge >= 0.3 is 0 Å². The number of carbonyl (C=O) groups is 2. The molecule has 0 radical (unpaired) electrons. The number of likely N-dealkylation sites (tertiary alicyclic amines) is 1. The Morgan fingerprint density at radius 2 is 1.74 bits per heavy atom. The minimum atomic E-state index is -0.372. The summed E-state index contributed by atoms with van der Waals surface area (Å²) in [7, 11) is 0. The Balaban J connectivity index is 1.29. The van der Waals surface area contributed by atoms with Crippen LogP contribution in [0.2, 0.25) is 0 Å². The number of benzene rings is 2. The Morgan fingerprint density at radius 1 is 1.03 bits per heavy atom. The maximum absolute atomic E-state index is 13.1. The van der Waals surface area contributed by atoms with Crippen LogP contribution in [0.25, 0.3) is 11.3 Å². The van der Waals surface area contributed by atoms with Gasteiger partial charge in [-0.05, 0) is 5.56 Å². The second-order valence-corrected chi connectivity index (χ2v) is 9.78. The topological polar surface area (TPSA) is 74.8 Å². The molecule has 2 aliphatic heterocycles. The normalized spacial score (nSPS) is 18.9. The fourth-order valence-corrected chi connectivity index (χ4v) is 5.44. The fraction of sp³-hybridized carbons (Fsp3) is 0.346. The molecular formula is C26H28N4O3S. The van der Waals surface area contributed by atoms with Crippen LogP contribution in [0, 0.1) is 5.92 Å². The van der Waals surface area contributed by atoms with Gasteiger partial charge < -0.3 is 15.0 Å². The Hall–Kier alpha value is -3.07. The van der Waals surface area contributed by atoms with Crippen molar-refractivity contribution in [2.75, 3.05) is 38.2 Å². The van der Waals surface area contributed by atoms with E-state index in [4.69, 9.17) is 9.72 Å². The Bertz CT molecular complexity index is 1130. The number of hydrogen-bond donors (Lipinski definition) is 1. The number of anilines is 1. The molecule has 1 N–H and O–H groups in total. The molecule has 1 unspecified atom stereocenters. The third-order valence-corrected chi connectivity index (χ3v) is 7.20. The van der Waals surface area contributed by atoms with E-state index >= 15 is 0 Å². The van der Waals surface area contributed by atoms with Gasteiger partial charge in [0.2, 0.25) is 11.8 Å². The number of morpholine rings is 1. The minimum absolute atomic E-state index is 0.0149. The van der Waals surface area contributed by atoms with Crippen molar-refractivity contribution >= 4 is 28.3 Å². The predicted molar refractivity (Wildman–Crippen MR) is 132 cm³/mol. The van der Waals surface area contributed by atoms with Gasteiger partial charge in [0.25, 0.3) is 0 Å². The number of carbonyl (C=O) groups excluding carboxylic acids is 2. The molecule has 3 aromatic rings. The number of nitrogens with zero attached hydrogens (tertiary/aromatic N) is 3. The third-order valence-electron chi connectivity index (χ3n) is 6.25. The lowest BCUT2D eigenvalue weighted by molar-refractivity contribution is -0.128. The summed E-state index contributed by atoms with van der Waals surface area (Å²) in [6, 6.07) is 19.9. The van der Waals surface area contributed by atoms with E-state index in [2.05, 4.69) is 10.2 Å². The minimum Gasteiger partial charge on any atom is -0.379 e. The van der Waals surface area contributed by atoms with Crippen molar-refractivity contribution in [1.82, 2.24) is 14.8 Å². The second kappa shape index (κ2) is 10.5. The van der Waals surface area contributed by atoms with E-state index < -0.39 is 0 Å². The lowest BCUT2D eigenvalue weighted by atomic mass is 10.1. The van der Waals surface area contributed by atoms with Crippen molar-refractivity contribution in [3.05, 3.63) is 71.1 Å². The Kier molecular flexibility index (Phi) is 6.99. The van der Waals surface area contributed by atoms with Crippen LogP contribution < -0.4 is 5.32 Å². The van der Waals surface area contributed by atoms with Crippen molar-refractivity contribution in [2.45, 2.75) is 19.5 Å². The molecule has 2 saturated heterocycles. The van der Waals surface area contributed by atoms with Gasteiger partial charge in [-0.15, -0.1) is 0 Å². The first-order valence-corrected chi connectivity index (χ1v) is 12.4. The molecule has 2 amide bonds. The lowest BCUT2D eigenvalue weighted by Gasteiger charge is -2.26. The number of nitrogens with one attached hydrogen (secondary N) is 1. The highest BCUT2D eigenvalue weighted by Crippen LogP contribution is 2.33. The number of hydrogen-bond acceptors (Lipinski definition) is 6. The van der Waals surface area contributed by atoms with Crippen molar-refractivity contribution in [1.29, 1.82) is 0 Å². The van der Waals surface area contributed by atoms with E-state index in [1.165, 1.54) is 11.3 Å². The average molecular weight is 477 g/mol. The van der Waals surface area contributed by atoms with Crippen LogP contribution in [0.1, 0.15) is 16.9 Å². The largest absolute Gasteiger partial charge is 0.379 e. The van der Waals surface area contributed by atoms with Crippen LogP contribution >= 0.6 is 11.3 Å². The van der Waals surface area contributed by atoms with Gasteiger partial charge in [-0.3, -0.25) is 14.5 Å². The molecular weight excluding hydrogens is 448 g/mol. The molecule has 3 heterocycles. The summed E-state index contributed by atoms with van der Waals surface area (Å²) in [5.74, 6) is -0.501. The highest BCUT2D eigenvalue weighted by Gasteiger charge is 2.34. The number of amides is 2. The zero-order chi connectivity index (χ0) is 23.3. The zero-order valence-electron chi connectivity index (χ0n) is 19.0. The molecule has 176 valence electrons. The second-order valence-electron chi connectivity index (χ2n) is 8.70. The van der Waals surface area contributed by atoms with Crippen molar-refractivity contribution < 1.29 is 14.3 Å². The molecule has 2 fully saturated rings. The molecule has 2 aliphatic rings. The smallest absolute Gasteiger partial charge is 0.231 e. The van der Waals surface area contributed by atoms with Crippen LogP contribution in [0.5, 0.6) is 0 Å². The summed E-state index contributed by atoms with van der Waals surface area (Å²) in [4.78, 5) is 35.6. The molecule has 7 nitrogen and oxygen atoms in total. The van der Waals surface area contributed by atoms with E-state index in [9.17, 15) is 9.59 Å². The Labute approximate surface area is 203 Å². The first kappa shape index (κ1) is 22.7. The van der Waals surface area contributed by atoms with Crippen molar-refractivity contribution in [3.63, 3.8) is 0 Å². The number of rotatable bonds is 7. The summed E-state index contributed by atoms with van der Waals surface area (Å²) in [5, 5.41) is 3.59. The zero-order valence-corrected chi connectivity index (χ0v) is 19.8. The van der Waals surface area contributed by atoms with E-state index in [1.54, 1.807) is 4.90 Å². The summed E-state index contributed by atoms with van der Waals surface area (Å²) in [6.45, 7) is 4.97. The van der Waals surface area contributed by atoms with E-state index in [-0.39, 0.29) is 24.2 Å². The highest BCUT2D eigenvalue weighted by molar-refractivity contribution is 7.16. The molecule has 0 bridgehead atoms. The first-order valence-electron chi connectivity index (χ1n) is 11.6. The monoisotopic (exact) mass is 476 g/mol. The molecule has 0 saturated carbocycles. The molecule has 1 atom stereocenters. The molecule has 34 heavy (non-hydrogen) atoms. The van der Waals surface area contributed by atoms with Gasteiger partial charge in [-0.1, -0.05) is 72.0 Å². The van der Waals surface area contributed by atoms with Gasteiger partial charge in [-0.2, -0.15) is 0 Å². The standard InChI is InChI=1S/C26H28N4O3S/c31-23-15-21(17-30(23)16-19-7-3-1-4-8-19)25(32)28-26-27-24(20-9-5-2-6-10-20)22(34-26)18-29-11-13-33-14-12-29/h1-10,21H,11-18H2,(H,27,28,32). The molecule has 0 spiro atoms. The van der Waals surface area contributed by atoms with Gasteiger partial charge in [0.1, 0.15) is 0 Å². The van der Waals surface area contributed by atoms with Crippen LogP contribution in [0.3, 0.4) is 0 Å². The predicted octanol–water partition coefficient (Wildman–Crippen LogP) is 3.63. The average Bonchev–Trinajstić information content (AvgIpc) is 3.44. The maximum Gasteiger partial charge on any atom is 0.231 e. The molecule has 8 heteroatoms.